The summed E-state index contributed by atoms with van der Waals surface area (Å²) in [5.74, 6) is -1.73. The molecule has 2 rings (SSSR count). The fourth-order valence-corrected chi connectivity index (χ4v) is 3.37. The highest BCUT2D eigenvalue weighted by molar-refractivity contribution is 9.10. The summed E-state index contributed by atoms with van der Waals surface area (Å²) in [4.78, 5) is 22.8. The van der Waals surface area contributed by atoms with Crippen LogP contribution in [0.1, 0.15) is 6.92 Å². The Hall–Kier alpha value is -1.50. The molecular formula is C12H13BrO6. The molecule has 1 saturated carbocycles. The van der Waals surface area contributed by atoms with Crippen LogP contribution in [0.3, 0.4) is 0 Å². The quantitative estimate of drug-likeness (QED) is 0.621. The van der Waals surface area contributed by atoms with Crippen molar-refractivity contribution in [3.63, 3.8) is 0 Å². The first kappa shape index (κ1) is 13.9. The third-order valence-electron chi connectivity index (χ3n) is 3.24. The Kier molecular flexibility index (Phi) is 3.34. The molecule has 0 unspecified atom stereocenters. The minimum Gasteiger partial charge on any atom is -0.508 e. The molecule has 0 saturated heterocycles. The van der Waals surface area contributed by atoms with Crippen molar-refractivity contribution in [2.24, 2.45) is 11.8 Å². The molecule has 0 radical (unpaired) electrons. The molecule has 6 nitrogen and oxygen atoms in total. The van der Waals surface area contributed by atoms with Crippen LogP contribution in [-0.4, -0.2) is 35.6 Å². The first-order valence-electron chi connectivity index (χ1n) is 5.52. The number of ether oxygens (including phenoxy) is 3. The van der Waals surface area contributed by atoms with Crippen LogP contribution in [0, 0.1) is 11.8 Å². The van der Waals surface area contributed by atoms with Crippen molar-refractivity contribution in [3.05, 3.63) is 23.4 Å². The van der Waals surface area contributed by atoms with E-state index in [1.165, 1.54) is 27.2 Å². The summed E-state index contributed by atoms with van der Waals surface area (Å²) in [5, 5.41) is 10.1. The van der Waals surface area contributed by atoms with Gasteiger partial charge in [0.05, 0.1) is 26.1 Å². The van der Waals surface area contributed by atoms with Gasteiger partial charge in [-0.15, -0.1) is 0 Å². The van der Waals surface area contributed by atoms with Crippen LogP contribution >= 0.6 is 15.9 Å². The van der Waals surface area contributed by atoms with Gasteiger partial charge in [-0.2, -0.15) is 0 Å². The van der Waals surface area contributed by atoms with Gasteiger partial charge < -0.3 is 19.3 Å². The highest BCUT2D eigenvalue weighted by Crippen LogP contribution is 2.66. The van der Waals surface area contributed by atoms with Gasteiger partial charge in [0, 0.05) is 13.0 Å². The number of hydrogen-bond acceptors (Lipinski definition) is 6. The number of alkyl halides is 1. The highest BCUT2D eigenvalue weighted by atomic mass is 79.9. The summed E-state index contributed by atoms with van der Waals surface area (Å²) >= 11 is 3.29. The number of rotatable bonds is 3. The maximum absolute atomic E-state index is 11.8. The van der Waals surface area contributed by atoms with Gasteiger partial charge in [0.2, 0.25) is 0 Å². The number of allylic oxidation sites excluding steroid dienone is 3. The van der Waals surface area contributed by atoms with E-state index >= 15 is 0 Å². The zero-order chi connectivity index (χ0) is 14.4. The van der Waals surface area contributed by atoms with Gasteiger partial charge in [-0.05, 0) is 0 Å². The van der Waals surface area contributed by atoms with Gasteiger partial charge in [-0.25, -0.2) is 0 Å². The number of fused-ring (bicyclic) bond motifs is 1. The van der Waals surface area contributed by atoms with Gasteiger partial charge in [-0.3, -0.25) is 9.59 Å². The van der Waals surface area contributed by atoms with Crippen LogP contribution in [-0.2, 0) is 23.8 Å². The van der Waals surface area contributed by atoms with E-state index in [-0.39, 0.29) is 17.4 Å². The van der Waals surface area contributed by atoms with E-state index in [0.29, 0.717) is 5.76 Å². The third-order valence-corrected chi connectivity index (χ3v) is 4.55. The molecule has 3 atom stereocenters. The van der Waals surface area contributed by atoms with E-state index in [9.17, 15) is 14.7 Å². The molecule has 1 N–H and O–H groups in total. The summed E-state index contributed by atoms with van der Waals surface area (Å²) < 4.78 is 13.7. The van der Waals surface area contributed by atoms with Gasteiger partial charge in [-0.1, -0.05) is 15.9 Å². The van der Waals surface area contributed by atoms with Crippen molar-refractivity contribution in [2.45, 2.75) is 11.2 Å². The van der Waals surface area contributed by atoms with Crippen LogP contribution in [0.5, 0.6) is 0 Å². The van der Waals surface area contributed by atoms with Crippen molar-refractivity contribution in [1.82, 2.24) is 0 Å². The predicted molar refractivity (Wildman–Crippen MR) is 67.2 cm³/mol. The zero-order valence-electron chi connectivity index (χ0n) is 10.6. The lowest BCUT2D eigenvalue weighted by molar-refractivity contribution is -0.141. The molecule has 2 aliphatic carbocycles. The molecule has 0 aromatic heterocycles. The Bertz CT molecular complexity index is 508. The Morgan fingerprint density at radius 3 is 2.47 bits per heavy atom. The molecule has 0 aromatic carbocycles. The summed E-state index contributed by atoms with van der Waals surface area (Å²) in [5.41, 5.74) is 0. The van der Waals surface area contributed by atoms with E-state index in [2.05, 4.69) is 15.9 Å². The SMILES string of the molecule is COC(=O)[C@]1(Br)[C@@H]2C(OC)=CC(OC(C)=O)=C(O)[C@@H]21. The first-order chi connectivity index (χ1) is 8.87. The van der Waals surface area contributed by atoms with Gasteiger partial charge in [0.1, 0.15) is 15.8 Å². The Labute approximate surface area is 118 Å². The zero-order valence-corrected chi connectivity index (χ0v) is 12.2. The van der Waals surface area contributed by atoms with Crippen LogP contribution in [0.25, 0.3) is 0 Å². The average Bonchev–Trinajstić information content (AvgIpc) is 3.00. The number of carbonyl (C=O) groups is 2. The fraction of sp³-hybridized carbons (Fsp3) is 0.500. The number of aliphatic hydroxyl groups is 1. The molecule has 0 aromatic rings. The van der Waals surface area contributed by atoms with Crippen LogP contribution in [0.2, 0.25) is 0 Å². The normalized spacial score (nSPS) is 32.1. The van der Waals surface area contributed by atoms with E-state index in [0.717, 1.165) is 0 Å². The van der Waals surface area contributed by atoms with Gasteiger partial charge in [0.15, 0.2) is 5.76 Å². The lowest BCUT2D eigenvalue weighted by Crippen LogP contribution is -2.22. The third kappa shape index (κ3) is 1.92. The second-order valence-electron chi connectivity index (χ2n) is 4.31. The summed E-state index contributed by atoms with van der Waals surface area (Å²) in [7, 11) is 2.71. The molecule has 0 bridgehead atoms. The number of esters is 2. The second kappa shape index (κ2) is 4.56. The second-order valence-corrected chi connectivity index (χ2v) is 5.62. The molecular weight excluding hydrogens is 320 g/mol. The molecule has 0 amide bonds. The minimum absolute atomic E-state index is 0.00386. The monoisotopic (exact) mass is 332 g/mol. The van der Waals surface area contributed by atoms with Crippen LogP contribution < -0.4 is 0 Å². The van der Waals surface area contributed by atoms with Gasteiger partial charge in [0.25, 0.3) is 0 Å². The lowest BCUT2D eigenvalue weighted by Gasteiger charge is -2.13. The van der Waals surface area contributed by atoms with Crippen molar-refractivity contribution in [3.8, 4) is 0 Å². The van der Waals surface area contributed by atoms with Crippen molar-refractivity contribution in [1.29, 1.82) is 0 Å². The van der Waals surface area contributed by atoms with E-state index in [1.54, 1.807) is 0 Å². The Morgan fingerprint density at radius 1 is 1.37 bits per heavy atom. The topological polar surface area (TPSA) is 82.1 Å². The lowest BCUT2D eigenvalue weighted by atomic mass is 10.1. The number of methoxy groups -OCH3 is 2. The number of aliphatic hydroxyl groups excluding tert-OH is 1. The van der Waals surface area contributed by atoms with Crippen molar-refractivity contribution in [2.75, 3.05) is 14.2 Å². The summed E-state index contributed by atoms with van der Waals surface area (Å²) in [6.07, 6.45) is 1.41. The van der Waals surface area contributed by atoms with Gasteiger partial charge >= 0.3 is 11.9 Å². The standard InChI is InChI=1S/C12H13BrO6/c1-5(14)19-7-4-6(17-2)8-9(10(7)15)12(8,13)11(16)18-3/h4,8-9,15H,1-3H3/t8-,9-,12+/m1/s1. The molecule has 19 heavy (non-hydrogen) atoms. The minimum atomic E-state index is -1.07. The molecule has 0 aliphatic heterocycles. The highest BCUT2D eigenvalue weighted by Gasteiger charge is 2.75. The van der Waals surface area contributed by atoms with Crippen molar-refractivity contribution >= 4 is 27.9 Å². The predicted octanol–water partition coefficient (Wildman–Crippen LogP) is 1.42. The van der Waals surface area contributed by atoms with Crippen LogP contribution in [0.15, 0.2) is 23.4 Å². The first-order valence-corrected chi connectivity index (χ1v) is 6.31. The largest absolute Gasteiger partial charge is 0.508 e. The molecule has 7 heteroatoms. The van der Waals surface area contributed by atoms with E-state index < -0.39 is 22.2 Å². The Morgan fingerprint density at radius 2 is 2.00 bits per heavy atom. The van der Waals surface area contributed by atoms with E-state index in [4.69, 9.17) is 14.2 Å². The molecule has 1 fully saturated rings. The molecule has 104 valence electrons. The summed E-state index contributed by atoms with van der Waals surface area (Å²) in [6, 6.07) is 0. The molecule has 0 heterocycles. The number of halogens is 1. The maximum atomic E-state index is 11.8. The maximum Gasteiger partial charge on any atom is 0.324 e. The number of hydrogen-bond donors (Lipinski definition) is 1. The average molecular weight is 333 g/mol. The smallest absolute Gasteiger partial charge is 0.324 e. The Balaban J connectivity index is 2.40. The fourth-order valence-electron chi connectivity index (χ4n) is 2.36. The number of carbonyl (C=O) groups excluding carboxylic acids is 2. The van der Waals surface area contributed by atoms with E-state index in [1.807, 2.05) is 0 Å². The summed E-state index contributed by atoms with van der Waals surface area (Å²) in [6.45, 7) is 1.22. The van der Waals surface area contributed by atoms with Crippen LogP contribution in [0.4, 0.5) is 0 Å². The van der Waals surface area contributed by atoms with Crippen molar-refractivity contribution < 1.29 is 28.9 Å². The molecule has 2 aliphatic rings. The molecule has 0 spiro atoms.